The largest absolute Gasteiger partial charge is 0.344 e. The zero-order valence-electron chi connectivity index (χ0n) is 17.9. The third kappa shape index (κ3) is 4.83. The van der Waals surface area contributed by atoms with Crippen molar-refractivity contribution in [3.63, 3.8) is 0 Å². The molecule has 1 N–H and O–H groups in total. The Balaban J connectivity index is 1.36. The van der Waals surface area contributed by atoms with Crippen LogP contribution < -0.4 is 5.32 Å². The predicted molar refractivity (Wildman–Crippen MR) is 118 cm³/mol. The van der Waals surface area contributed by atoms with E-state index >= 15 is 0 Å². The second kappa shape index (κ2) is 9.14. The quantitative estimate of drug-likeness (QED) is 0.646. The topological polar surface area (TPSA) is 70.5 Å². The highest BCUT2D eigenvalue weighted by Gasteiger charge is 2.28. The van der Waals surface area contributed by atoms with Gasteiger partial charge in [-0.25, -0.2) is 4.68 Å². The number of nitrogens with one attached hydrogen (secondary N) is 1. The summed E-state index contributed by atoms with van der Waals surface area (Å²) in [6.07, 6.45) is 2.45. The van der Waals surface area contributed by atoms with Gasteiger partial charge in [0.15, 0.2) is 0 Å². The van der Waals surface area contributed by atoms with Crippen molar-refractivity contribution in [1.29, 1.82) is 0 Å². The third-order valence-corrected chi connectivity index (χ3v) is 5.36. The molecule has 1 aliphatic heterocycles. The number of rotatable bonds is 5. The van der Waals surface area contributed by atoms with Gasteiger partial charge in [0.1, 0.15) is 0 Å². The van der Waals surface area contributed by atoms with E-state index in [1.165, 1.54) is 5.56 Å². The Morgan fingerprint density at radius 3 is 2.61 bits per heavy atom. The molecule has 2 aromatic carbocycles. The number of nitrogens with zero attached hydrogens (tertiary/aromatic N) is 4. The van der Waals surface area contributed by atoms with Crippen molar-refractivity contribution in [2.45, 2.75) is 26.1 Å². The van der Waals surface area contributed by atoms with Gasteiger partial charge in [-0.3, -0.25) is 9.59 Å². The molecule has 0 spiro atoms. The Labute approximate surface area is 182 Å². The van der Waals surface area contributed by atoms with Gasteiger partial charge in [-0.2, -0.15) is 5.10 Å². The lowest BCUT2D eigenvalue weighted by Crippen LogP contribution is -2.45. The molecular weight excluding hydrogens is 390 g/mol. The molecule has 0 aliphatic carbocycles. The zero-order chi connectivity index (χ0) is 21.8. The van der Waals surface area contributed by atoms with Gasteiger partial charge < -0.3 is 15.1 Å². The van der Waals surface area contributed by atoms with Gasteiger partial charge >= 0.3 is 11.8 Å². The fourth-order valence-corrected chi connectivity index (χ4v) is 3.90. The van der Waals surface area contributed by atoms with E-state index in [1.54, 1.807) is 11.1 Å². The molecular formula is C24H27N5O2. The van der Waals surface area contributed by atoms with Crippen LogP contribution in [-0.4, -0.2) is 52.0 Å². The molecule has 160 valence electrons. The molecule has 0 fully saturated rings. The second-order valence-electron chi connectivity index (χ2n) is 8.08. The second-order valence-corrected chi connectivity index (χ2v) is 8.08. The molecule has 0 saturated heterocycles. The van der Waals surface area contributed by atoms with E-state index in [1.807, 2.05) is 61.2 Å². The highest BCUT2D eigenvalue weighted by molar-refractivity contribution is 6.34. The monoisotopic (exact) mass is 417 g/mol. The molecule has 2 heterocycles. The third-order valence-electron chi connectivity index (χ3n) is 5.36. The molecule has 7 nitrogen and oxygen atoms in total. The van der Waals surface area contributed by atoms with E-state index in [9.17, 15) is 9.59 Å². The average molecular weight is 418 g/mol. The van der Waals surface area contributed by atoms with Crippen molar-refractivity contribution >= 4 is 11.8 Å². The van der Waals surface area contributed by atoms with Gasteiger partial charge in [0.2, 0.25) is 0 Å². The highest BCUT2D eigenvalue weighted by Crippen LogP contribution is 2.22. The summed E-state index contributed by atoms with van der Waals surface area (Å²) in [4.78, 5) is 28.9. The molecule has 1 aliphatic rings. The van der Waals surface area contributed by atoms with Crippen molar-refractivity contribution in [1.82, 2.24) is 24.9 Å². The van der Waals surface area contributed by atoms with Crippen LogP contribution in [0.4, 0.5) is 0 Å². The summed E-state index contributed by atoms with van der Waals surface area (Å²) in [7, 11) is 4.03. The van der Waals surface area contributed by atoms with Crippen molar-refractivity contribution < 1.29 is 9.59 Å². The minimum absolute atomic E-state index is 0.330. The van der Waals surface area contributed by atoms with E-state index < -0.39 is 11.8 Å². The number of fused-ring (bicyclic) bond motifs is 1. The summed E-state index contributed by atoms with van der Waals surface area (Å²) in [5.41, 5.74) is 5.21. The normalized spacial score (nSPS) is 13.2. The van der Waals surface area contributed by atoms with Crippen LogP contribution in [0.2, 0.25) is 0 Å². The molecule has 0 atom stereocenters. The number of amides is 2. The summed E-state index contributed by atoms with van der Waals surface area (Å²) in [6, 6.07) is 18.0. The number of carbonyl (C=O) groups is 2. The summed E-state index contributed by atoms with van der Waals surface area (Å²) in [6.45, 7) is 2.05. The number of para-hydroxylation sites is 1. The van der Waals surface area contributed by atoms with Gasteiger partial charge in [-0.1, -0.05) is 42.5 Å². The van der Waals surface area contributed by atoms with Crippen molar-refractivity contribution in [2.24, 2.45) is 0 Å². The lowest BCUT2D eigenvalue weighted by Gasteiger charge is -2.27. The first kappa shape index (κ1) is 20.8. The molecule has 3 aromatic rings. The first-order valence-electron chi connectivity index (χ1n) is 10.4. The number of hydrogen-bond acceptors (Lipinski definition) is 4. The van der Waals surface area contributed by atoms with Gasteiger partial charge in [0.25, 0.3) is 0 Å². The van der Waals surface area contributed by atoms with Crippen molar-refractivity contribution in [2.75, 3.05) is 20.6 Å². The van der Waals surface area contributed by atoms with E-state index in [0.29, 0.717) is 26.1 Å². The summed E-state index contributed by atoms with van der Waals surface area (Å²) in [5.74, 6) is -1.07. The standard InChI is InChI=1S/C24H27N5O2/c1-27(2)16-19-8-6-7-18(13-19)14-25-23(30)24(31)28-12-11-22-20(17-28)15-26-29(22)21-9-4-3-5-10-21/h3-10,13,15H,11-12,14,16-17H2,1-2H3,(H,25,30). The van der Waals surface area contributed by atoms with Crippen LogP contribution in [0.15, 0.2) is 60.8 Å². The summed E-state index contributed by atoms with van der Waals surface area (Å²) < 4.78 is 1.91. The first-order valence-corrected chi connectivity index (χ1v) is 10.4. The molecule has 0 saturated carbocycles. The maximum absolute atomic E-state index is 12.7. The Kier molecular flexibility index (Phi) is 6.13. The maximum atomic E-state index is 12.7. The summed E-state index contributed by atoms with van der Waals surface area (Å²) >= 11 is 0. The molecule has 0 bridgehead atoms. The Morgan fingerprint density at radius 2 is 1.84 bits per heavy atom. The number of carbonyl (C=O) groups excluding carboxylic acids is 2. The highest BCUT2D eigenvalue weighted by atomic mass is 16.2. The van der Waals surface area contributed by atoms with Crippen LogP contribution >= 0.6 is 0 Å². The number of aromatic nitrogens is 2. The first-order chi connectivity index (χ1) is 15.0. The SMILES string of the molecule is CN(C)Cc1cccc(CNC(=O)C(=O)N2CCc3c(cnn3-c3ccccc3)C2)c1. The minimum atomic E-state index is -0.572. The number of benzene rings is 2. The number of hydrogen-bond donors (Lipinski definition) is 1. The predicted octanol–water partition coefficient (Wildman–Crippen LogP) is 2.13. The van der Waals surface area contributed by atoms with Gasteiger partial charge in [-0.15, -0.1) is 0 Å². The smallest absolute Gasteiger partial charge is 0.312 e. The van der Waals surface area contributed by atoms with Gasteiger partial charge in [-0.05, 0) is 37.4 Å². The molecule has 4 rings (SSSR count). The molecule has 0 unspecified atom stereocenters. The van der Waals surface area contributed by atoms with Crippen LogP contribution in [-0.2, 0) is 35.6 Å². The molecule has 0 radical (unpaired) electrons. The van der Waals surface area contributed by atoms with E-state index in [0.717, 1.165) is 29.1 Å². The molecule has 2 amide bonds. The van der Waals surface area contributed by atoms with E-state index in [2.05, 4.69) is 27.4 Å². The molecule has 31 heavy (non-hydrogen) atoms. The van der Waals surface area contributed by atoms with Crippen LogP contribution in [0.5, 0.6) is 0 Å². The Bertz CT molecular complexity index is 1070. The lowest BCUT2D eigenvalue weighted by atomic mass is 10.1. The van der Waals surface area contributed by atoms with Crippen LogP contribution in [0, 0.1) is 0 Å². The Hall–Kier alpha value is -3.45. The van der Waals surface area contributed by atoms with Gasteiger partial charge in [0, 0.05) is 38.2 Å². The van der Waals surface area contributed by atoms with Crippen molar-refractivity contribution in [3.05, 3.63) is 83.2 Å². The Morgan fingerprint density at radius 1 is 1.06 bits per heavy atom. The fourth-order valence-electron chi connectivity index (χ4n) is 3.90. The van der Waals surface area contributed by atoms with Crippen LogP contribution in [0.25, 0.3) is 5.69 Å². The van der Waals surface area contributed by atoms with Crippen molar-refractivity contribution in [3.8, 4) is 5.69 Å². The van der Waals surface area contributed by atoms with Crippen LogP contribution in [0.1, 0.15) is 22.4 Å². The van der Waals surface area contributed by atoms with E-state index in [-0.39, 0.29) is 0 Å². The fraction of sp³-hybridized carbons (Fsp3) is 0.292. The zero-order valence-corrected chi connectivity index (χ0v) is 17.9. The minimum Gasteiger partial charge on any atom is -0.344 e. The average Bonchev–Trinajstić information content (AvgIpc) is 3.20. The van der Waals surface area contributed by atoms with Gasteiger partial charge in [0.05, 0.1) is 17.6 Å². The molecule has 7 heteroatoms. The maximum Gasteiger partial charge on any atom is 0.312 e. The molecule has 1 aromatic heterocycles. The van der Waals surface area contributed by atoms with Crippen LogP contribution in [0.3, 0.4) is 0 Å². The summed E-state index contributed by atoms with van der Waals surface area (Å²) in [5, 5.41) is 7.25. The lowest BCUT2D eigenvalue weighted by molar-refractivity contribution is -0.146. The van der Waals surface area contributed by atoms with E-state index in [4.69, 9.17) is 0 Å².